The second kappa shape index (κ2) is 5.22. The number of para-hydroxylation sites is 1. The van der Waals surface area contributed by atoms with E-state index in [9.17, 15) is 4.79 Å². The third kappa shape index (κ3) is 3.44. The van der Waals surface area contributed by atoms with Gasteiger partial charge in [-0.25, -0.2) is 0 Å². The van der Waals surface area contributed by atoms with Crippen molar-refractivity contribution in [2.45, 2.75) is 13.3 Å². The molecule has 0 saturated carbocycles. The smallest absolute Gasteiger partial charge is 0.224 e. The van der Waals surface area contributed by atoms with Crippen LogP contribution < -0.4 is 5.32 Å². The zero-order valence-corrected chi connectivity index (χ0v) is 8.36. The van der Waals surface area contributed by atoms with Crippen LogP contribution in [0.15, 0.2) is 43.0 Å². The molecule has 1 rings (SSSR count). The maximum absolute atomic E-state index is 11.4. The van der Waals surface area contributed by atoms with Crippen LogP contribution in [-0.2, 0) is 4.79 Å². The fourth-order valence-corrected chi connectivity index (χ4v) is 1.11. The van der Waals surface area contributed by atoms with E-state index >= 15 is 0 Å². The molecule has 0 aliphatic rings. The Balaban J connectivity index is 2.46. The van der Waals surface area contributed by atoms with E-state index in [1.54, 1.807) is 6.08 Å². The summed E-state index contributed by atoms with van der Waals surface area (Å²) in [5, 5.41) is 2.82. The lowest BCUT2D eigenvalue weighted by molar-refractivity contribution is -0.116. The SMILES string of the molecule is C=CC(C)CC(=O)Nc1ccccc1. The van der Waals surface area contributed by atoms with Crippen molar-refractivity contribution in [1.29, 1.82) is 0 Å². The minimum Gasteiger partial charge on any atom is -0.326 e. The molecule has 1 aromatic carbocycles. The largest absolute Gasteiger partial charge is 0.326 e. The van der Waals surface area contributed by atoms with E-state index in [4.69, 9.17) is 0 Å². The summed E-state index contributed by atoms with van der Waals surface area (Å²) in [6, 6.07) is 9.45. The van der Waals surface area contributed by atoms with Crippen LogP contribution in [0.5, 0.6) is 0 Å². The Kier molecular flexibility index (Phi) is 3.92. The number of anilines is 1. The van der Waals surface area contributed by atoms with Gasteiger partial charge in [-0.1, -0.05) is 31.2 Å². The monoisotopic (exact) mass is 189 g/mol. The molecule has 1 N–H and O–H groups in total. The normalized spacial score (nSPS) is 11.8. The summed E-state index contributed by atoms with van der Waals surface area (Å²) in [6.45, 7) is 5.61. The van der Waals surface area contributed by atoms with Crippen LogP contribution in [0, 0.1) is 5.92 Å². The Morgan fingerprint density at radius 2 is 2.14 bits per heavy atom. The van der Waals surface area contributed by atoms with Gasteiger partial charge in [0.05, 0.1) is 0 Å². The molecule has 0 aliphatic carbocycles. The zero-order valence-electron chi connectivity index (χ0n) is 8.36. The minimum absolute atomic E-state index is 0.0311. The van der Waals surface area contributed by atoms with Gasteiger partial charge in [0.1, 0.15) is 0 Å². The van der Waals surface area contributed by atoms with E-state index in [0.717, 1.165) is 5.69 Å². The molecule has 1 amide bonds. The highest BCUT2D eigenvalue weighted by Crippen LogP contribution is 2.08. The van der Waals surface area contributed by atoms with Crippen molar-refractivity contribution in [1.82, 2.24) is 0 Å². The van der Waals surface area contributed by atoms with Gasteiger partial charge in [0.15, 0.2) is 0 Å². The van der Waals surface area contributed by atoms with Crippen LogP contribution in [0.25, 0.3) is 0 Å². The zero-order chi connectivity index (χ0) is 10.4. The molecule has 0 spiro atoms. The lowest BCUT2D eigenvalue weighted by atomic mass is 10.1. The summed E-state index contributed by atoms with van der Waals surface area (Å²) in [6.07, 6.45) is 2.27. The molecule has 14 heavy (non-hydrogen) atoms. The highest BCUT2D eigenvalue weighted by atomic mass is 16.1. The van der Waals surface area contributed by atoms with Crippen LogP contribution in [0.3, 0.4) is 0 Å². The number of hydrogen-bond donors (Lipinski definition) is 1. The van der Waals surface area contributed by atoms with Gasteiger partial charge in [-0.15, -0.1) is 6.58 Å². The molecule has 0 aromatic heterocycles. The molecule has 2 nitrogen and oxygen atoms in total. The maximum Gasteiger partial charge on any atom is 0.224 e. The van der Waals surface area contributed by atoms with Crippen LogP contribution in [0.4, 0.5) is 5.69 Å². The molecule has 0 bridgehead atoms. The Morgan fingerprint density at radius 3 is 2.71 bits per heavy atom. The number of hydrogen-bond acceptors (Lipinski definition) is 1. The summed E-state index contributed by atoms with van der Waals surface area (Å²) >= 11 is 0. The van der Waals surface area contributed by atoms with Crippen molar-refractivity contribution in [3.05, 3.63) is 43.0 Å². The third-order valence-corrected chi connectivity index (χ3v) is 1.97. The van der Waals surface area contributed by atoms with E-state index in [2.05, 4.69) is 11.9 Å². The van der Waals surface area contributed by atoms with Crippen molar-refractivity contribution in [2.24, 2.45) is 5.92 Å². The molecule has 0 fully saturated rings. The maximum atomic E-state index is 11.4. The second-order valence-electron chi connectivity index (χ2n) is 3.33. The Hall–Kier alpha value is -1.57. The lowest BCUT2D eigenvalue weighted by Crippen LogP contribution is -2.13. The highest BCUT2D eigenvalue weighted by Gasteiger charge is 2.05. The van der Waals surface area contributed by atoms with Gasteiger partial charge in [-0.05, 0) is 18.1 Å². The fraction of sp³-hybridized carbons (Fsp3) is 0.250. The first-order chi connectivity index (χ1) is 6.72. The molecule has 0 heterocycles. The topological polar surface area (TPSA) is 29.1 Å². The van der Waals surface area contributed by atoms with E-state index in [1.807, 2.05) is 37.3 Å². The minimum atomic E-state index is 0.0311. The third-order valence-electron chi connectivity index (χ3n) is 1.97. The predicted octanol–water partition coefficient (Wildman–Crippen LogP) is 2.84. The quantitative estimate of drug-likeness (QED) is 0.725. The Morgan fingerprint density at radius 1 is 1.50 bits per heavy atom. The summed E-state index contributed by atoms with van der Waals surface area (Å²) < 4.78 is 0. The average Bonchev–Trinajstić information content (AvgIpc) is 2.19. The highest BCUT2D eigenvalue weighted by molar-refractivity contribution is 5.90. The van der Waals surface area contributed by atoms with Gasteiger partial charge in [0, 0.05) is 12.1 Å². The Labute approximate surface area is 84.6 Å². The first-order valence-electron chi connectivity index (χ1n) is 4.70. The summed E-state index contributed by atoms with van der Waals surface area (Å²) in [7, 11) is 0. The summed E-state index contributed by atoms with van der Waals surface area (Å²) in [5.74, 6) is 0.252. The predicted molar refractivity (Wildman–Crippen MR) is 59.0 cm³/mol. The van der Waals surface area contributed by atoms with Gasteiger partial charge >= 0.3 is 0 Å². The summed E-state index contributed by atoms with van der Waals surface area (Å²) in [5.41, 5.74) is 0.841. The van der Waals surface area contributed by atoms with Gasteiger partial charge in [0.2, 0.25) is 5.91 Å². The molecular formula is C12H15NO. The van der Waals surface area contributed by atoms with E-state index in [0.29, 0.717) is 6.42 Å². The van der Waals surface area contributed by atoms with E-state index in [1.165, 1.54) is 0 Å². The van der Waals surface area contributed by atoms with Crippen LogP contribution in [0.2, 0.25) is 0 Å². The number of allylic oxidation sites excluding steroid dienone is 1. The molecule has 74 valence electrons. The first kappa shape index (κ1) is 10.5. The van der Waals surface area contributed by atoms with E-state index in [-0.39, 0.29) is 11.8 Å². The number of rotatable bonds is 4. The molecular weight excluding hydrogens is 174 g/mol. The van der Waals surface area contributed by atoms with Crippen molar-refractivity contribution in [3.63, 3.8) is 0 Å². The van der Waals surface area contributed by atoms with Gasteiger partial charge in [-0.2, -0.15) is 0 Å². The van der Waals surface area contributed by atoms with Crippen molar-refractivity contribution < 1.29 is 4.79 Å². The van der Waals surface area contributed by atoms with Crippen molar-refractivity contribution >= 4 is 11.6 Å². The molecule has 0 saturated heterocycles. The molecule has 1 aromatic rings. The molecule has 1 unspecified atom stereocenters. The first-order valence-corrected chi connectivity index (χ1v) is 4.70. The summed E-state index contributed by atoms with van der Waals surface area (Å²) in [4.78, 5) is 11.4. The molecule has 2 heteroatoms. The standard InChI is InChI=1S/C12H15NO/c1-3-10(2)9-12(14)13-11-7-5-4-6-8-11/h3-8,10H,1,9H2,2H3,(H,13,14). The van der Waals surface area contributed by atoms with E-state index < -0.39 is 0 Å². The number of amides is 1. The number of benzene rings is 1. The molecule has 0 aliphatic heterocycles. The number of carbonyl (C=O) groups excluding carboxylic acids is 1. The van der Waals surface area contributed by atoms with Crippen molar-refractivity contribution in [3.8, 4) is 0 Å². The molecule has 1 atom stereocenters. The van der Waals surface area contributed by atoms with Crippen LogP contribution >= 0.6 is 0 Å². The van der Waals surface area contributed by atoms with Gasteiger partial charge < -0.3 is 5.32 Å². The lowest BCUT2D eigenvalue weighted by Gasteiger charge is -2.06. The second-order valence-corrected chi connectivity index (χ2v) is 3.33. The fourth-order valence-electron chi connectivity index (χ4n) is 1.11. The average molecular weight is 189 g/mol. The van der Waals surface area contributed by atoms with Gasteiger partial charge in [0.25, 0.3) is 0 Å². The number of carbonyl (C=O) groups is 1. The van der Waals surface area contributed by atoms with Crippen molar-refractivity contribution in [2.75, 3.05) is 5.32 Å². The number of nitrogens with one attached hydrogen (secondary N) is 1. The Bertz CT molecular complexity index is 305. The molecule has 0 radical (unpaired) electrons. The van der Waals surface area contributed by atoms with Gasteiger partial charge in [-0.3, -0.25) is 4.79 Å². The van der Waals surface area contributed by atoms with Crippen LogP contribution in [0.1, 0.15) is 13.3 Å². The van der Waals surface area contributed by atoms with Crippen LogP contribution in [-0.4, -0.2) is 5.91 Å².